The van der Waals surface area contributed by atoms with Crippen molar-refractivity contribution in [3.05, 3.63) is 64.5 Å². The molecule has 5 nitrogen and oxygen atoms in total. The Morgan fingerprint density at radius 1 is 1.08 bits per heavy atom. The predicted molar refractivity (Wildman–Crippen MR) is 109 cm³/mol. The Kier molecular flexibility index (Phi) is 5.40. The lowest BCUT2D eigenvalue weighted by Crippen LogP contribution is -2.09. The molecule has 0 unspecified atom stereocenters. The molecule has 4 rings (SSSR count). The van der Waals surface area contributed by atoms with Crippen LogP contribution in [0.5, 0.6) is 0 Å². The zero-order valence-electron chi connectivity index (χ0n) is 13.3. The average molecular weight is 417 g/mol. The van der Waals surface area contributed by atoms with Crippen molar-refractivity contribution in [1.29, 1.82) is 0 Å². The van der Waals surface area contributed by atoms with E-state index in [4.69, 9.17) is 0 Å². The highest BCUT2D eigenvalue weighted by molar-refractivity contribution is 8.00. The lowest BCUT2D eigenvalue weighted by Gasteiger charge is -1.97. The zero-order valence-corrected chi connectivity index (χ0v) is 16.6. The summed E-state index contributed by atoms with van der Waals surface area (Å²) in [6.07, 6.45) is 1.60. The number of benzene rings is 1. The Hall–Kier alpha value is -2.07. The van der Waals surface area contributed by atoms with E-state index in [-0.39, 0.29) is 5.91 Å². The van der Waals surface area contributed by atoms with E-state index in [1.165, 1.54) is 28.2 Å². The van der Waals surface area contributed by atoms with Gasteiger partial charge in [0.15, 0.2) is 4.34 Å². The number of hydrogen-bond acceptors (Lipinski definition) is 8. The minimum Gasteiger partial charge on any atom is -0.296 e. The maximum atomic E-state index is 12.4. The Bertz CT molecular complexity index is 995. The van der Waals surface area contributed by atoms with Gasteiger partial charge in [0.05, 0.1) is 11.1 Å². The molecule has 0 saturated heterocycles. The normalized spacial score (nSPS) is 10.8. The number of carbonyl (C=O) groups is 1. The maximum absolute atomic E-state index is 12.4. The van der Waals surface area contributed by atoms with Gasteiger partial charge in [0.1, 0.15) is 9.88 Å². The molecule has 26 heavy (non-hydrogen) atoms. The van der Waals surface area contributed by atoms with Crippen molar-refractivity contribution in [2.24, 2.45) is 0 Å². The third-order valence-electron chi connectivity index (χ3n) is 3.29. The van der Waals surface area contributed by atoms with E-state index in [2.05, 4.69) is 32.6 Å². The monoisotopic (exact) mass is 416 g/mol. The minimum atomic E-state index is -0.207. The average Bonchev–Trinajstić information content (AvgIpc) is 3.41. The van der Waals surface area contributed by atoms with Crippen LogP contribution in [0.15, 0.2) is 58.4 Å². The molecule has 1 amide bonds. The SMILES string of the molecule is O=C(Nc1nnc(SCc2ccccc2)s1)c1cnc(-c2cccs2)s1. The van der Waals surface area contributed by atoms with Crippen molar-refractivity contribution in [3.63, 3.8) is 0 Å². The Morgan fingerprint density at radius 3 is 2.77 bits per heavy atom. The van der Waals surface area contributed by atoms with Gasteiger partial charge in [-0.25, -0.2) is 4.98 Å². The van der Waals surface area contributed by atoms with Crippen LogP contribution in [0, 0.1) is 0 Å². The lowest BCUT2D eigenvalue weighted by molar-refractivity contribution is 0.103. The van der Waals surface area contributed by atoms with E-state index in [0.717, 1.165) is 20.0 Å². The van der Waals surface area contributed by atoms with Crippen LogP contribution in [0.3, 0.4) is 0 Å². The molecule has 0 bridgehead atoms. The summed E-state index contributed by atoms with van der Waals surface area (Å²) in [5.74, 6) is 0.615. The number of thiophene rings is 1. The second kappa shape index (κ2) is 8.09. The zero-order chi connectivity index (χ0) is 17.8. The Balaban J connectivity index is 1.37. The number of thioether (sulfide) groups is 1. The van der Waals surface area contributed by atoms with Crippen molar-refractivity contribution >= 4 is 56.8 Å². The molecule has 0 fully saturated rings. The van der Waals surface area contributed by atoms with Crippen molar-refractivity contribution < 1.29 is 4.79 Å². The largest absolute Gasteiger partial charge is 0.296 e. The van der Waals surface area contributed by atoms with Crippen molar-refractivity contribution in [3.8, 4) is 9.88 Å². The van der Waals surface area contributed by atoms with E-state index >= 15 is 0 Å². The second-order valence-corrected chi connectivity index (χ2v) is 9.29. The fourth-order valence-electron chi connectivity index (χ4n) is 2.09. The summed E-state index contributed by atoms with van der Waals surface area (Å²) >= 11 is 5.96. The molecule has 1 N–H and O–H groups in total. The summed E-state index contributed by atoms with van der Waals surface area (Å²) < 4.78 is 0.827. The molecule has 3 heterocycles. The minimum absolute atomic E-state index is 0.207. The van der Waals surface area contributed by atoms with E-state index in [1.807, 2.05) is 35.7 Å². The van der Waals surface area contributed by atoms with Crippen LogP contribution in [-0.2, 0) is 5.75 Å². The molecule has 4 aromatic rings. The summed E-state index contributed by atoms with van der Waals surface area (Å²) in [7, 11) is 0. The van der Waals surface area contributed by atoms with Gasteiger partial charge in [-0.3, -0.25) is 10.1 Å². The predicted octanol–water partition coefficient (Wildman–Crippen LogP) is 5.27. The number of thiazole rings is 1. The Morgan fingerprint density at radius 2 is 1.96 bits per heavy atom. The van der Waals surface area contributed by atoms with Gasteiger partial charge in [-0.1, -0.05) is 59.5 Å². The van der Waals surface area contributed by atoms with E-state index in [9.17, 15) is 4.79 Å². The standard InChI is InChI=1S/C17H12N4OS4/c22-14(13-9-18-15(25-13)12-7-4-8-23-12)19-16-20-21-17(26-16)24-10-11-5-2-1-3-6-11/h1-9H,10H2,(H,19,20,22). The molecular weight excluding hydrogens is 404 g/mol. The molecule has 130 valence electrons. The fourth-order valence-corrected chi connectivity index (χ4v) is 5.41. The van der Waals surface area contributed by atoms with Crippen LogP contribution in [0.25, 0.3) is 9.88 Å². The highest BCUT2D eigenvalue weighted by Gasteiger charge is 2.15. The molecule has 0 aliphatic rings. The first-order chi connectivity index (χ1) is 12.8. The van der Waals surface area contributed by atoms with Gasteiger partial charge >= 0.3 is 0 Å². The number of aromatic nitrogens is 3. The number of rotatable bonds is 6. The molecule has 0 saturated carbocycles. The number of anilines is 1. The van der Waals surface area contributed by atoms with E-state index in [1.54, 1.807) is 29.3 Å². The molecule has 0 spiro atoms. The van der Waals surface area contributed by atoms with Crippen LogP contribution in [0.4, 0.5) is 5.13 Å². The van der Waals surface area contributed by atoms with Gasteiger partial charge < -0.3 is 0 Å². The van der Waals surface area contributed by atoms with Crippen molar-refractivity contribution in [1.82, 2.24) is 15.2 Å². The summed E-state index contributed by atoms with van der Waals surface area (Å²) in [6, 6.07) is 14.1. The van der Waals surface area contributed by atoms with Crippen molar-refractivity contribution in [2.75, 3.05) is 5.32 Å². The Labute approximate surface area is 166 Å². The quantitative estimate of drug-likeness (QED) is 0.343. The maximum Gasteiger partial charge on any atom is 0.269 e. The third-order valence-corrected chi connectivity index (χ3v) is 7.37. The highest BCUT2D eigenvalue weighted by Crippen LogP contribution is 2.31. The molecule has 0 aliphatic carbocycles. The smallest absolute Gasteiger partial charge is 0.269 e. The van der Waals surface area contributed by atoms with Gasteiger partial charge in [0.25, 0.3) is 5.91 Å². The van der Waals surface area contributed by atoms with Crippen LogP contribution in [0.2, 0.25) is 0 Å². The van der Waals surface area contributed by atoms with Crippen LogP contribution in [0.1, 0.15) is 15.2 Å². The van der Waals surface area contributed by atoms with Crippen LogP contribution in [-0.4, -0.2) is 21.1 Å². The summed E-state index contributed by atoms with van der Waals surface area (Å²) in [5, 5.41) is 14.3. The van der Waals surface area contributed by atoms with Gasteiger partial charge in [-0.15, -0.1) is 32.9 Å². The molecule has 0 aliphatic heterocycles. The lowest BCUT2D eigenvalue weighted by atomic mass is 10.2. The van der Waals surface area contributed by atoms with E-state index < -0.39 is 0 Å². The summed E-state index contributed by atoms with van der Waals surface area (Å²) in [5.41, 5.74) is 1.23. The molecule has 3 aromatic heterocycles. The van der Waals surface area contributed by atoms with Crippen LogP contribution >= 0.6 is 45.8 Å². The molecule has 0 radical (unpaired) electrons. The topological polar surface area (TPSA) is 67.8 Å². The fraction of sp³-hybridized carbons (Fsp3) is 0.0588. The first-order valence-electron chi connectivity index (χ1n) is 7.59. The van der Waals surface area contributed by atoms with Crippen molar-refractivity contribution in [2.45, 2.75) is 10.1 Å². The number of nitrogens with zero attached hydrogens (tertiary/aromatic N) is 3. The number of carbonyl (C=O) groups excluding carboxylic acids is 1. The third kappa shape index (κ3) is 4.18. The molecular formula is C17H12N4OS4. The van der Waals surface area contributed by atoms with Gasteiger partial charge in [0, 0.05) is 5.75 Å². The molecule has 0 atom stereocenters. The number of nitrogens with one attached hydrogen (secondary N) is 1. The summed E-state index contributed by atoms with van der Waals surface area (Å²) in [4.78, 5) is 18.3. The van der Waals surface area contributed by atoms with Crippen LogP contribution < -0.4 is 5.32 Å². The first kappa shape index (κ1) is 17.3. The number of hydrogen-bond donors (Lipinski definition) is 1. The van der Waals surface area contributed by atoms with Gasteiger partial charge in [-0.05, 0) is 17.0 Å². The second-order valence-electron chi connectivity index (χ2n) is 5.11. The van der Waals surface area contributed by atoms with Gasteiger partial charge in [-0.2, -0.15) is 0 Å². The van der Waals surface area contributed by atoms with E-state index in [0.29, 0.717) is 10.0 Å². The molecule has 9 heteroatoms. The summed E-state index contributed by atoms with van der Waals surface area (Å²) in [6.45, 7) is 0. The first-order valence-corrected chi connectivity index (χ1v) is 11.1. The number of amides is 1. The van der Waals surface area contributed by atoms with Gasteiger partial charge in [0.2, 0.25) is 5.13 Å². The highest BCUT2D eigenvalue weighted by atomic mass is 32.2. The molecule has 1 aromatic carbocycles.